The number of aryl methyl sites for hydroxylation is 2. The first-order valence-corrected chi connectivity index (χ1v) is 12.2. The summed E-state index contributed by atoms with van der Waals surface area (Å²) in [5.41, 5.74) is 3.53. The largest absolute Gasteiger partial charge is 0.507 e. The Morgan fingerprint density at radius 1 is 1.11 bits per heavy atom. The third-order valence-corrected chi connectivity index (χ3v) is 7.02. The number of aromatic nitrogens is 2. The highest BCUT2D eigenvalue weighted by molar-refractivity contribution is 7.22. The van der Waals surface area contributed by atoms with Crippen LogP contribution in [0.2, 0.25) is 0 Å². The fourth-order valence-corrected chi connectivity index (χ4v) is 5.61. The molecule has 0 bridgehead atoms. The molecule has 1 unspecified atom stereocenters. The number of nitrogens with zero attached hydrogens (tertiary/aromatic N) is 3. The molecule has 1 fully saturated rings. The zero-order chi connectivity index (χ0) is 25.6. The number of carbonyl (C=O) groups is 2. The molecule has 9 heteroatoms. The van der Waals surface area contributed by atoms with Gasteiger partial charge in [-0.25, -0.2) is 4.98 Å². The van der Waals surface area contributed by atoms with Gasteiger partial charge in [-0.05, 0) is 67.8 Å². The number of Topliss-reactive ketones (excluding diaryl/α,β-unsaturated/α-hetero) is 1. The van der Waals surface area contributed by atoms with Crippen LogP contribution >= 0.6 is 11.3 Å². The number of aromatic hydroxyl groups is 1. The van der Waals surface area contributed by atoms with Gasteiger partial charge >= 0.3 is 5.91 Å². The Bertz CT molecular complexity index is 1540. The summed E-state index contributed by atoms with van der Waals surface area (Å²) in [6.07, 6.45) is 2.99. The minimum absolute atomic E-state index is 0.0715. The summed E-state index contributed by atoms with van der Waals surface area (Å²) in [4.78, 5) is 36.8. The molecular formula is C27H23N3O5S. The van der Waals surface area contributed by atoms with E-state index in [1.807, 2.05) is 26.0 Å². The molecule has 4 aromatic rings. The van der Waals surface area contributed by atoms with E-state index in [0.29, 0.717) is 22.9 Å². The van der Waals surface area contributed by atoms with Crippen LogP contribution in [-0.2, 0) is 9.59 Å². The smallest absolute Gasteiger partial charge is 0.301 e. The number of amides is 1. The second-order valence-electron chi connectivity index (χ2n) is 8.49. The van der Waals surface area contributed by atoms with Crippen molar-refractivity contribution in [2.75, 3.05) is 11.5 Å². The zero-order valence-electron chi connectivity index (χ0n) is 19.8. The molecule has 2 aromatic heterocycles. The number of pyridine rings is 1. The van der Waals surface area contributed by atoms with Gasteiger partial charge in [0.1, 0.15) is 5.76 Å². The average Bonchev–Trinajstić information content (AvgIpc) is 3.39. The van der Waals surface area contributed by atoms with E-state index in [1.54, 1.807) is 31.2 Å². The van der Waals surface area contributed by atoms with Crippen LogP contribution in [0.15, 0.2) is 60.4 Å². The lowest BCUT2D eigenvalue weighted by molar-refractivity contribution is -0.132. The standard InChI is InChI=1S/C27H23N3O5S/c1-4-35-19-13-17(5-6-18(19)31)23-21(24(32)16-7-9-28-10-8-16)25(33)26(34)30(23)27-29-22-15(3)11-14(2)12-20(22)36-27/h5-13,23,31-32H,4H2,1-3H3/b24-21+. The third-order valence-electron chi connectivity index (χ3n) is 6.02. The topological polar surface area (TPSA) is 113 Å². The zero-order valence-corrected chi connectivity index (χ0v) is 20.7. The molecule has 2 aromatic carbocycles. The Morgan fingerprint density at radius 2 is 1.86 bits per heavy atom. The van der Waals surface area contributed by atoms with E-state index < -0.39 is 17.7 Å². The minimum Gasteiger partial charge on any atom is -0.507 e. The predicted molar refractivity (Wildman–Crippen MR) is 137 cm³/mol. The summed E-state index contributed by atoms with van der Waals surface area (Å²) < 4.78 is 6.44. The van der Waals surface area contributed by atoms with E-state index in [2.05, 4.69) is 4.98 Å². The average molecular weight is 502 g/mol. The van der Waals surface area contributed by atoms with Crippen molar-refractivity contribution in [1.82, 2.24) is 9.97 Å². The SMILES string of the molecule is CCOc1cc(C2/C(=C(\O)c3ccncc3)C(=O)C(=O)N2c2nc3c(C)cc(C)cc3s2)ccc1O. The number of anilines is 1. The summed E-state index contributed by atoms with van der Waals surface area (Å²) in [5.74, 6) is -1.80. The quantitative estimate of drug-likeness (QED) is 0.224. The molecule has 0 spiro atoms. The van der Waals surface area contributed by atoms with Gasteiger partial charge in [-0.15, -0.1) is 0 Å². The van der Waals surface area contributed by atoms with Crippen LogP contribution in [0.25, 0.3) is 16.0 Å². The van der Waals surface area contributed by atoms with E-state index in [0.717, 1.165) is 21.3 Å². The number of rotatable bonds is 5. The van der Waals surface area contributed by atoms with Crippen molar-refractivity contribution in [1.29, 1.82) is 0 Å². The molecular weight excluding hydrogens is 478 g/mol. The van der Waals surface area contributed by atoms with Crippen LogP contribution in [0.5, 0.6) is 11.5 Å². The number of phenolic OH excluding ortho intramolecular Hbond substituents is 1. The number of benzene rings is 2. The summed E-state index contributed by atoms with van der Waals surface area (Å²) in [5, 5.41) is 21.8. The summed E-state index contributed by atoms with van der Waals surface area (Å²) >= 11 is 1.30. The molecule has 8 nitrogen and oxygen atoms in total. The van der Waals surface area contributed by atoms with Crippen molar-refractivity contribution in [2.45, 2.75) is 26.8 Å². The van der Waals surface area contributed by atoms with Gasteiger partial charge in [-0.2, -0.15) is 0 Å². The van der Waals surface area contributed by atoms with E-state index in [1.165, 1.54) is 34.7 Å². The van der Waals surface area contributed by atoms with Crippen LogP contribution in [-0.4, -0.2) is 38.5 Å². The number of carbonyl (C=O) groups excluding carboxylic acids is 2. The predicted octanol–water partition coefficient (Wildman–Crippen LogP) is 5.04. The lowest BCUT2D eigenvalue weighted by atomic mass is 9.95. The van der Waals surface area contributed by atoms with Gasteiger partial charge in [0.2, 0.25) is 0 Å². The Labute approximate surface area is 211 Å². The minimum atomic E-state index is -0.986. The highest BCUT2D eigenvalue weighted by atomic mass is 32.1. The van der Waals surface area contributed by atoms with Gasteiger partial charge < -0.3 is 14.9 Å². The number of aliphatic hydroxyl groups excluding tert-OH is 1. The van der Waals surface area contributed by atoms with Gasteiger partial charge in [0.25, 0.3) is 5.78 Å². The molecule has 5 rings (SSSR count). The number of hydrogen-bond donors (Lipinski definition) is 2. The van der Waals surface area contributed by atoms with Crippen LogP contribution < -0.4 is 9.64 Å². The normalized spacial score (nSPS) is 17.2. The van der Waals surface area contributed by atoms with Crippen molar-refractivity contribution in [3.05, 3.63) is 82.7 Å². The van der Waals surface area contributed by atoms with Crippen LogP contribution in [0.4, 0.5) is 5.13 Å². The van der Waals surface area contributed by atoms with Crippen molar-refractivity contribution >= 4 is 44.1 Å². The van der Waals surface area contributed by atoms with Crippen molar-refractivity contribution in [3.63, 3.8) is 0 Å². The van der Waals surface area contributed by atoms with E-state index in [9.17, 15) is 19.8 Å². The lowest BCUT2D eigenvalue weighted by Crippen LogP contribution is -2.29. The number of ether oxygens (including phenoxy) is 1. The van der Waals surface area contributed by atoms with Crippen molar-refractivity contribution in [3.8, 4) is 11.5 Å². The first-order valence-electron chi connectivity index (χ1n) is 11.3. The maximum Gasteiger partial charge on any atom is 0.301 e. The monoisotopic (exact) mass is 501 g/mol. The van der Waals surface area contributed by atoms with Gasteiger partial charge in [0.05, 0.1) is 28.4 Å². The van der Waals surface area contributed by atoms with E-state index in [-0.39, 0.29) is 22.8 Å². The number of ketones is 1. The number of aliphatic hydroxyl groups is 1. The number of hydrogen-bond acceptors (Lipinski definition) is 8. The van der Waals surface area contributed by atoms with Crippen LogP contribution in [0, 0.1) is 13.8 Å². The molecule has 36 heavy (non-hydrogen) atoms. The molecule has 1 amide bonds. The highest BCUT2D eigenvalue weighted by Gasteiger charge is 2.48. The fraction of sp³-hybridized carbons (Fsp3) is 0.185. The maximum atomic E-state index is 13.4. The van der Waals surface area contributed by atoms with Crippen molar-refractivity contribution < 1.29 is 24.5 Å². The summed E-state index contributed by atoms with van der Waals surface area (Å²) in [7, 11) is 0. The second-order valence-corrected chi connectivity index (χ2v) is 9.50. The number of thiazole rings is 1. The molecule has 3 heterocycles. The molecule has 0 saturated carbocycles. The Hall–Kier alpha value is -4.24. The highest BCUT2D eigenvalue weighted by Crippen LogP contribution is 2.46. The molecule has 0 radical (unpaired) electrons. The molecule has 2 N–H and O–H groups in total. The number of phenols is 1. The maximum absolute atomic E-state index is 13.4. The molecule has 1 atom stereocenters. The lowest BCUT2D eigenvalue weighted by Gasteiger charge is -2.23. The first-order chi connectivity index (χ1) is 17.3. The van der Waals surface area contributed by atoms with Crippen LogP contribution in [0.1, 0.15) is 35.2 Å². The fourth-order valence-electron chi connectivity index (χ4n) is 4.44. The number of fused-ring (bicyclic) bond motifs is 1. The summed E-state index contributed by atoms with van der Waals surface area (Å²) in [6.45, 7) is 6.03. The first kappa shape index (κ1) is 23.5. The van der Waals surface area contributed by atoms with Gasteiger partial charge in [0, 0.05) is 18.0 Å². The Balaban J connectivity index is 1.76. The van der Waals surface area contributed by atoms with Crippen molar-refractivity contribution in [2.24, 2.45) is 0 Å². The molecule has 1 aliphatic rings. The summed E-state index contributed by atoms with van der Waals surface area (Å²) in [6, 6.07) is 10.8. The molecule has 1 aliphatic heterocycles. The van der Waals surface area contributed by atoms with E-state index in [4.69, 9.17) is 9.72 Å². The van der Waals surface area contributed by atoms with Gasteiger partial charge in [-0.1, -0.05) is 23.5 Å². The Morgan fingerprint density at radius 3 is 2.58 bits per heavy atom. The van der Waals surface area contributed by atoms with Gasteiger partial charge in [0.15, 0.2) is 16.6 Å². The van der Waals surface area contributed by atoms with Gasteiger partial charge in [-0.3, -0.25) is 19.5 Å². The van der Waals surface area contributed by atoms with Crippen LogP contribution in [0.3, 0.4) is 0 Å². The second kappa shape index (κ2) is 9.09. The molecule has 0 aliphatic carbocycles. The molecule has 182 valence electrons. The third kappa shape index (κ3) is 3.87. The van der Waals surface area contributed by atoms with E-state index >= 15 is 0 Å². The Kier molecular flexibility index (Phi) is 5.93. The molecule has 1 saturated heterocycles.